The summed E-state index contributed by atoms with van der Waals surface area (Å²) >= 11 is 4.00. The van der Waals surface area contributed by atoms with E-state index in [4.69, 9.17) is 5.26 Å². The Kier molecular flexibility index (Phi) is 3.53. The van der Waals surface area contributed by atoms with Crippen molar-refractivity contribution >= 4 is 27.5 Å². The normalized spacial score (nSPS) is 37.4. The van der Waals surface area contributed by atoms with Crippen LogP contribution in [-0.4, -0.2) is 10.2 Å². The second kappa shape index (κ2) is 5.34. The smallest absolute Gasteiger partial charge is 0.224 e. The van der Waals surface area contributed by atoms with Crippen LogP contribution in [0.2, 0.25) is 0 Å². The van der Waals surface area contributed by atoms with E-state index in [1.165, 1.54) is 32.1 Å². The first-order valence-electron chi connectivity index (χ1n) is 8.47. The van der Waals surface area contributed by atoms with Gasteiger partial charge in [0.2, 0.25) is 5.91 Å². The van der Waals surface area contributed by atoms with Crippen LogP contribution < -0.4 is 5.32 Å². The monoisotopic (exact) mass is 372 g/mol. The molecule has 1 aromatic rings. The predicted molar refractivity (Wildman–Crippen MR) is 93.2 cm³/mol. The number of benzene rings is 1. The van der Waals surface area contributed by atoms with Gasteiger partial charge >= 0.3 is 0 Å². The molecule has 0 spiro atoms. The maximum atomic E-state index is 12.6. The largest absolute Gasteiger partial charge is 0.325 e. The van der Waals surface area contributed by atoms with E-state index in [1.807, 2.05) is 18.2 Å². The van der Waals surface area contributed by atoms with Crippen molar-refractivity contribution in [1.82, 2.24) is 0 Å². The van der Waals surface area contributed by atoms with Crippen LogP contribution in [0.3, 0.4) is 0 Å². The molecule has 0 aliphatic heterocycles. The molecule has 4 bridgehead atoms. The second-order valence-electron chi connectivity index (χ2n) is 7.99. The molecular weight excluding hydrogens is 352 g/mol. The van der Waals surface area contributed by atoms with E-state index in [1.54, 1.807) is 6.07 Å². The van der Waals surface area contributed by atoms with E-state index in [2.05, 4.69) is 27.3 Å². The molecule has 3 nitrogen and oxygen atoms in total. The lowest BCUT2D eigenvalue weighted by Crippen LogP contribution is -2.53. The van der Waals surface area contributed by atoms with Crippen molar-refractivity contribution in [3.63, 3.8) is 0 Å². The predicted octanol–water partition coefficient (Wildman–Crippen LogP) is 4.62. The quantitative estimate of drug-likeness (QED) is 0.786. The molecule has 23 heavy (non-hydrogen) atoms. The highest BCUT2D eigenvalue weighted by Gasteiger charge is 2.57. The topological polar surface area (TPSA) is 52.9 Å². The summed E-state index contributed by atoms with van der Waals surface area (Å²) in [6.45, 7) is 0. The third kappa shape index (κ3) is 2.80. The van der Waals surface area contributed by atoms with Gasteiger partial charge in [-0.05, 0) is 67.9 Å². The highest BCUT2D eigenvalue weighted by molar-refractivity contribution is 9.10. The molecule has 5 rings (SSSR count). The van der Waals surface area contributed by atoms with Gasteiger partial charge in [-0.1, -0.05) is 28.1 Å². The molecule has 1 aromatic carbocycles. The van der Waals surface area contributed by atoms with Gasteiger partial charge in [0, 0.05) is 10.7 Å². The Morgan fingerprint density at radius 2 is 1.96 bits per heavy atom. The fourth-order valence-corrected chi connectivity index (χ4v) is 7.28. The summed E-state index contributed by atoms with van der Waals surface area (Å²) in [5.74, 6) is 1.63. The SMILES string of the molecule is N#Cc1ccccc1NC(=O)CC12C[C@@H]3C[C@@H](CC(Br)(C3)C1)C2. The lowest BCUT2D eigenvalue weighted by atomic mass is 9.48. The number of hydrogen-bond acceptors (Lipinski definition) is 2. The first-order valence-corrected chi connectivity index (χ1v) is 9.26. The number of halogens is 1. The van der Waals surface area contributed by atoms with Gasteiger partial charge in [-0.25, -0.2) is 0 Å². The van der Waals surface area contributed by atoms with E-state index < -0.39 is 0 Å². The highest BCUT2D eigenvalue weighted by atomic mass is 79.9. The lowest BCUT2D eigenvalue weighted by Gasteiger charge is -2.60. The molecule has 2 unspecified atom stereocenters. The maximum absolute atomic E-state index is 12.6. The van der Waals surface area contributed by atoms with Gasteiger partial charge in [0.05, 0.1) is 11.3 Å². The van der Waals surface area contributed by atoms with Crippen LogP contribution in [0.5, 0.6) is 0 Å². The first kappa shape index (κ1) is 15.2. The molecule has 0 saturated heterocycles. The number of anilines is 1. The maximum Gasteiger partial charge on any atom is 0.224 e. The van der Waals surface area contributed by atoms with Crippen molar-refractivity contribution in [2.45, 2.75) is 49.3 Å². The number of carbonyl (C=O) groups excluding carboxylic acids is 1. The summed E-state index contributed by atoms with van der Waals surface area (Å²) in [6.07, 6.45) is 8.03. The minimum atomic E-state index is 0.0609. The Balaban J connectivity index is 1.50. The van der Waals surface area contributed by atoms with Crippen LogP contribution in [0.4, 0.5) is 5.69 Å². The van der Waals surface area contributed by atoms with Crippen LogP contribution in [0.25, 0.3) is 0 Å². The summed E-state index contributed by atoms with van der Waals surface area (Å²) in [4.78, 5) is 12.6. The number of nitrogens with one attached hydrogen (secondary N) is 1. The van der Waals surface area contributed by atoms with E-state index >= 15 is 0 Å². The molecule has 4 fully saturated rings. The van der Waals surface area contributed by atoms with Crippen LogP contribution in [0, 0.1) is 28.6 Å². The zero-order valence-corrected chi connectivity index (χ0v) is 14.7. The molecule has 0 radical (unpaired) electrons. The number of para-hydroxylation sites is 1. The molecular formula is C19H21BrN2O. The van der Waals surface area contributed by atoms with Gasteiger partial charge in [0.25, 0.3) is 0 Å². The molecule has 4 aliphatic carbocycles. The molecule has 4 atom stereocenters. The summed E-state index contributed by atoms with van der Waals surface area (Å²) in [7, 11) is 0. The third-order valence-electron chi connectivity index (χ3n) is 5.97. The fourth-order valence-electron chi connectivity index (χ4n) is 5.77. The number of rotatable bonds is 3. The number of amides is 1. The van der Waals surface area contributed by atoms with Crippen LogP contribution >= 0.6 is 15.9 Å². The van der Waals surface area contributed by atoms with Gasteiger partial charge in [0.1, 0.15) is 6.07 Å². The molecule has 0 aromatic heterocycles. The Labute approximate surface area is 145 Å². The number of carbonyl (C=O) groups is 1. The van der Waals surface area contributed by atoms with Crippen LogP contribution in [0.15, 0.2) is 24.3 Å². The number of alkyl halides is 1. The number of hydrogen-bond donors (Lipinski definition) is 1. The lowest BCUT2D eigenvalue weighted by molar-refractivity contribution is -0.123. The van der Waals surface area contributed by atoms with Crippen molar-refractivity contribution in [2.24, 2.45) is 17.3 Å². The van der Waals surface area contributed by atoms with Gasteiger partial charge in [-0.3, -0.25) is 4.79 Å². The number of nitriles is 1. The van der Waals surface area contributed by atoms with E-state index in [9.17, 15) is 4.79 Å². The average molecular weight is 373 g/mol. The second-order valence-corrected chi connectivity index (χ2v) is 9.68. The molecule has 4 aliphatic rings. The first-order chi connectivity index (χ1) is 11.0. The van der Waals surface area contributed by atoms with Crippen molar-refractivity contribution in [3.8, 4) is 6.07 Å². The molecule has 120 valence electrons. The summed E-state index contributed by atoms with van der Waals surface area (Å²) in [5.41, 5.74) is 1.33. The van der Waals surface area contributed by atoms with Crippen molar-refractivity contribution in [1.29, 1.82) is 5.26 Å². The molecule has 4 heteroatoms. The Morgan fingerprint density at radius 3 is 2.61 bits per heavy atom. The van der Waals surface area contributed by atoms with E-state index in [0.717, 1.165) is 18.3 Å². The van der Waals surface area contributed by atoms with Gasteiger partial charge < -0.3 is 5.32 Å². The zero-order chi connectivity index (χ0) is 16.1. The van der Waals surface area contributed by atoms with Crippen molar-refractivity contribution in [3.05, 3.63) is 29.8 Å². The zero-order valence-electron chi connectivity index (χ0n) is 13.1. The Hall–Kier alpha value is -1.34. The van der Waals surface area contributed by atoms with Gasteiger partial charge in [-0.2, -0.15) is 5.26 Å². The van der Waals surface area contributed by atoms with Crippen molar-refractivity contribution < 1.29 is 4.79 Å². The summed E-state index contributed by atoms with van der Waals surface area (Å²) < 4.78 is 0.280. The van der Waals surface area contributed by atoms with Crippen LogP contribution in [-0.2, 0) is 4.79 Å². The molecule has 4 saturated carbocycles. The third-order valence-corrected chi connectivity index (χ3v) is 6.90. The Bertz CT molecular complexity index is 679. The number of nitrogens with zero attached hydrogens (tertiary/aromatic N) is 1. The fraction of sp³-hybridized carbons (Fsp3) is 0.579. The molecule has 1 amide bonds. The minimum Gasteiger partial charge on any atom is -0.325 e. The van der Waals surface area contributed by atoms with Gasteiger partial charge in [0.15, 0.2) is 0 Å². The Morgan fingerprint density at radius 1 is 1.26 bits per heavy atom. The molecule has 1 N–H and O–H groups in total. The van der Waals surface area contributed by atoms with E-state index in [0.29, 0.717) is 17.7 Å². The standard InChI is InChI=1S/C19H21BrN2O/c20-19-8-13-5-14(9-19)7-18(6-13,12-19)10-17(23)22-16-4-2-1-3-15(16)11-21/h1-4,13-14H,5-10,12H2,(H,22,23)/t13-,14+,18?,19?. The minimum absolute atomic E-state index is 0.0609. The highest BCUT2D eigenvalue weighted by Crippen LogP contribution is 2.65. The summed E-state index contributed by atoms with van der Waals surface area (Å²) in [5, 5.41) is 12.1. The van der Waals surface area contributed by atoms with Crippen LogP contribution in [0.1, 0.15) is 50.5 Å². The van der Waals surface area contributed by atoms with Crippen molar-refractivity contribution in [2.75, 3.05) is 5.32 Å². The average Bonchev–Trinajstić information content (AvgIpc) is 2.44. The van der Waals surface area contributed by atoms with E-state index in [-0.39, 0.29) is 15.6 Å². The summed E-state index contributed by atoms with van der Waals surface area (Å²) in [6, 6.07) is 9.37. The van der Waals surface area contributed by atoms with Gasteiger partial charge in [-0.15, -0.1) is 0 Å². The molecule has 0 heterocycles.